The largest absolute Gasteiger partial charge is 0.495 e. The minimum Gasteiger partial charge on any atom is -0.495 e. The van der Waals surface area contributed by atoms with Gasteiger partial charge in [0.1, 0.15) is 11.3 Å². The van der Waals surface area contributed by atoms with Gasteiger partial charge >= 0.3 is 0 Å². The van der Waals surface area contributed by atoms with Crippen molar-refractivity contribution >= 4 is 34.8 Å². The Morgan fingerprint density at radius 3 is 2.97 bits per heavy atom. The third-order valence-electron chi connectivity index (χ3n) is 6.85. The number of nitrogens with one attached hydrogen (secondary N) is 2. The van der Waals surface area contributed by atoms with Crippen molar-refractivity contribution in [3.63, 3.8) is 0 Å². The van der Waals surface area contributed by atoms with Crippen LogP contribution >= 0.6 is 11.6 Å². The van der Waals surface area contributed by atoms with Gasteiger partial charge in [0.2, 0.25) is 11.8 Å². The lowest BCUT2D eigenvalue weighted by atomic mass is 9.78. The average molecular weight is 426 g/mol. The lowest BCUT2D eigenvalue weighted by Crippen LogP contribution is -2.53. The SMILES string of the molecule is COc1ccc(Cl)cc1NC(=O)[C@H]1C[C@@H]2CCCN2[C@]12C(=O)Nc1c(C)cccc12. The van der Waals surface area contributed by atoms with Gasteiger partial charge in [-0.1, -0.05) is 29.8 Å². The van der Waals surface area contributed by atoms with E-state index in [2.05, 4.69) is 15.5 Å². The van der Waals surface area contributed by atoms with Crippen molar-refractivity contribution in [3.8, 4) is 5.75 Å². The number of para-hydroxylation sites is 1. The molecular weight excluding hydrogens is 402 g/mol. The highest BCUT2D eigenvalue weighted by molar-refractivity contribution is 6.31. The second-order valence-corrected chi connectivity index (χ2v) is 8.77. The van der Waals surface area contributed by atoms with Crippen LogP contribution < -0.4 is 15.4 Å². The zero-order valence-electron chi connectivity index (χ0n) is 17.0. The number of hydrogen-bond donors (Lipinski definition) is 2. The van der Waals surface area contributed by atoms with Gasteiger partial charge in [-0.15, -0.1) is 0 Å². The van der Waals surface area contributed by atoms with Crippen molar-refractivity contribution in [2.75, 3.05) is 24.3 Å². The summed E-state index contributed by atoms with van der Waals surface area (Å²) in [6.07, 6.45) is 2.69. The van der Waals surface area contributed by atoms with E-state index in [0.29, 0.717) is 22.9 Å². The first-order chi connectivity index (χ1) is 14.5. The second-order valence-electron chi connectivity index (χ2n) is 8.33. The highest BCUT2D eigenvalue weighted by Crippen LogP contribution is 2.56. The average Bonchev–Trinajstić information content (AvgIpc) is 3.38. The number of fused-ring (bicyclic) bond motifs is 4. The number of halogens is 1. The highest BCUT2D eigenvalue weighted by Gasteiger charge is 2.65. The molecule has 0 aromatic heterocycles. The fourth-order valence-electron chi connectivity index (χ4n) is 5.60. The van der Waals surface area contributed by atoms with Crippen molar-refractivity contribution in [1.29, 1.82) is 0 Å². The van der Waals surface area contributed by atoms with E-state index in [9.17, 15) is 9.59 Å². The lowest BCUT2D eigenvalue weighted by molar-refractivity contribution is -0.135. The molecule has 3 heterocycles. The molecular formula is C23H24ClN3O3. The van der Waals surface area contributed by atoms with E-state index in [-0.39, 0.29) is 17.9 Å². The first kappa shape index (κ1) is 19.4. The summed E-state index contributed by atoms with van der Waals surface area (Å²) in [5.41, 5.74) is 2.30. The maximum absolute atomic E-state index is 13.6. The van der Waals surface area contributed by atoms with Crippen molar-refractivity contribution < 1.29 is 14.3 Å². The van der Waals surface area contributed by atoms with Gasteiger partial charge in [0.05, 0.1) is 18.7 Å². The zero-order chi connectivity index (χ0) is 21.0. The molecule has 2 aromatic rings. The summed E-state index contributed by atoms with van der Waals surface area (Å²) in [5, 5.41) is 6.59. The topological polar surface area (TPSA) is 70.7 Å². The number of anilines is 2. The van der Waals surface area contributed by atoms with Crippen LogP contribution in [-0.2, 0) is 15.1 Å². The number of carbonyl (C=O) groups is 2. The Morgan fingerprint density at radius 1 is 1.33 bits per heavy atom. The number of nitrogens with zero attached hydrogens (tertiary/aromatic N) is 1. The van der Waals surface area contributed by atoms with E-state index in [0.717, 1.165) is 36.2 Å². The molecule has 3 aliphatic heterocycles. The molecule has 156 valence electrons. The fourth-order valence-corrected chi connectivity index (χ4v) is 5.77. The molecule has 0 saturated carbocycles. The molecule has 3 atom stereocenters. The summed E-state index contributed by atoms with van der Waals surface area (Å²) in [6.45, 7) is 2.80. The van der Waals surface area contributed by atoms with Crippen LogP contribution in [0.25, 0.3) is 0 Å². The fraction of sp³-hybridized carbons (Fsp3) is 0.391. The highest BCUT2D eigenvalue weighted by atomic mass is 35.5. The van der Waals surface area contributed by atoms with Gasteiger partial charge in [-0.05, 0) is 56.5 Å². The first-order valence-electron chi connectivity index (χ1n) is 10.3. The smallest absolute Gasteiger partial charge is 0.250 e. The molecule has 30 heavy (non-hydrogen) atoms. The number of aryl methyl sites for hydroxylation is 1. The van der Waals surface area contributed by atoms with Crippen LogP contribution in [0.2, 0.25) is 5.02 Å². The van der Waals surface area contributed by atoms with Gasteiger partial charge in [0, 0.05) is 22.3 Å². The molecule has 0 radical (unpaired) electrons. The van der Waals surface area contributed by atoms with Gasteiger partial charge < -0.3 is 15.4 Å². The van der Waals surface area contributed by atoms with Crippen LogP contribution in [0.15, 0.2) is 36.4 Å². The number of rotatable bonds is 3. The van der Waals surface area contributed by atoms with Gasteiger partial charge in [-0.25, -0.2) is 0 Å². The van der Waals surface area contributed by atoms with Crippen molar-refractivity contribution in [2.45, 2.75) is 37.8 Å². The van der Waals surface area contributed by atoms with Crippen molar-refractivity contribution in [3.05, 3.63) is 52.5 Å². The monoisotopic (exact) mass is 425 g/mol. The minimum absolute atomic E-state index is 0.102. The number of carbonyl (C=O) groups excluding carboxylic acids is 2. The van der Waals surface area contributed by atoms with Crippen LogP contribution in [-0.4, -0.2) is 36.4 Å². The molecule has 2 aromatic carbocycles. The van der Waals surface area contributed by atoms with E-state index in [1.165, 1.54) is 0 Å². The molecule has 2 fully saturated rings. The van der Waals surface area contributed by atoms with Gasteiger partial charge in [-0.2, -0.15) is 0 Å². The Bertz CT molecular complexity index is 1060. The Labute approximate surface area is 180 Å². The van der Waals surface area contributed by atoms with Crippen molar-refractivity contribution in [2.24, 2.45) is 5.92 Å². The molecule has 2 N–H and O–H groups in total. The Hall–Kier alpha value is -2.57. The van der Waals surface area contributed by atoms with Crippen molar-refractivity contribution in [1.82, 2.24) is 4.90 Å². The molecule has 3 aliphatic rings. The predicted molar refractivity (Wildman–Crippen MR) is 116 cm³/mol. The molecule has 1 spiro atoms. The van der Waals surface area contributed by atoms with Crippen LogP contribution in [0.5, 0.6) is 5.75 Å². The molecule has 2 amide bonds. The standard InChI is InChI=1S/C23H24ClN3O3/c1-13-5-3-7-16-20(13)26-22(29)23(16)17(12-15-6-4-10-27(15)23)21(28)25-18-11-14(24)8-9-19(18)30-2/h3,5,7-9,11,15,17H,4,6,10,12H2,1-2H3,(H,25,28)(H,26,29)/t15-,17+,23-/m0/s1. The molecule has 0 unspecified atom stereocenters. The predicted octanol–water partition coefficient (Wildman–Crippen LogP) is 3.93. The van der Waals surface area contributed by atoms with E-state index in [1.807, 2.05) is 25.1 Å². The third-order valence-corrected chi connectivity index (χ3v) is 7.08. The summed E-state index contributed by atoms with van der Waals surface area (Å²) in [4.78, 5) is 29.4. The molecule has 7 heteroatoms. The van der Waals surface area contributed by atoms with Crippen LogP contribution in [0.4, 0.5) is 11.4 Å². The van der Waals surface area contributed by atoms with E-state index < -0.39 is 11.5 Å². The van der Waals surface area contributed by atoms with Crippen LogP contribution in [0, 0.1) is 12.8 Å². The van der Waals surface area contributed by atoms with E-state index in [4.69, 9.17) is 16.3 Å². The van der Waals surface area contributed by atoms with Crippen LogP contribution in [0.1, 0.15) is 30.4 Å². The number of ether oxygens (including phenoxy) is 1. The number of benzene rings is 2. The molecule has 2 saturated heterocycles. The van der Waals surface area contributed by atoms with E-state index in [1.54, 1.807) is 25.3 Å². The summed E-state index contributed by atoms with van der Waals surface area (Å²) in [5.74, 6) is -0.258. The summed E-state index contributed by atoms with van der Waals surface area (Å²) in [7, 11) is 1.55. The second kappa shape index (κ2) is 7.00. The summed E-state index contributed by atoms with van der Waals surface area (Å²) in [6, 6.07) is 11.3. The summed E-state index contributed by atoms with van der Waals surface area (Å²) >= 11 is 6.14. The Kier molecular flexibility index (Phi) is 4.52. The number of methoxy groups -OCH3 is 1. The molecule has 0 bridgehead atoms. The maximum Gasteiger partial charge on any atom is 0.250 e. The quantitative estimate of drug-likeness (QED) is 0.781. The van der Waals surface area contributed by atoms with Gasteiger partial charge in [0.25, 0.3) is 0 Å². The maximum atomic E-state index is 13.6. The third kappa shape index (κ3) is 2.60. The van der Waals surface area contributed by atoms with E-state index >= 15 is 0 Å². The number of hydrogen-bond acceptors (Lipinski definition) is 4. The molecule has 6 nitrogen and oxygen atoms in total. The Balaban J connectivity index is 1.59. The normalized spacial score (nSPS) is 27.1. The molecule has 5 rings (SSSR count). The van der Waals surface area contributed by atoms with Gasteiger partial charge in [0.15, 0.2) is 0 Å². The molecule has 0 aliphatic carbocycles. The minimum atomic E-state index is -0.974. The van der Waals surface area contributed by atoms with Gasteiger partial charge in [-0.3, -0.25) is 14.5 Å². The lowest BCUT2D eigenvalue weighted by Gasteiger charge is -2.36. The number of amides is 2. The van der Waals surface area contributed by atoms with Crippen LogP contribution in [0.3, 0.4) is 0 Å². The zero-order valence-corrected chi connectivity index (χ0v) is 17.8. The summed E-state index contributed by atoms with van der Waals surface area (Å²) < 4.78 is 5.39. The Morgan fingerprint density at radius 2 is 2.17 bits per heavy atom. The first-order valence-corrected chi connectivity index (χ1v) is 10.7.